The van der Waals surface area contributed by atoms with Gasteiger partial charge in [-0.25, -0.2) is 0 Å². The second kappa shape index (κ2) is 4.24. The molecule has 0 N–H and O–H groups in total. The van der Waals surface area contributed by atoms with E-state index in [-0.39, 0.29) is 0 Å². The van der Waals surface area contributed by atoms with E-state index in [1.54, 1.807) is 7.11 Å². The van der Waals surface area contributed by atoms with Crippen LogP contribution in [0.2, 0.25) is 0 Å². The molecular formula is C19H14O. The molecule has 0 saturated carbocycles. The molecule has 0 atom stereocenters. The Balaban J connectivity index is 2.14. The van der Waals surface area contributed by atoms with Gasteiger partial charge in [-0.1, -0.05) is 42.5 Å². The fourth-order valence-corrected chi connectivity index (χ4v) is 2.86. The van der Waals surface area contributed by atoms with Crippen LogP contribution in [0.3, 0.4) is 0 Å². The molecule has 0 saturated heterocycles. The summed E-state index contributed by atoms with van der Waals surface area (Å²) < 4.78 is 5.30. The van der Waals surface area contributed by atoms with Crippen LogP contribution in [-0.2, 0) is 0 Å². The van der Waals surface area contributed by atoms with Gasteiger partial charge in [0.1, 0.15) is 5.75 Å². The molecule has 4 rings (SSSR count). The first-order valence-corrected chi connectivity index (χ1v) is 6.74. The van der Waals surface area contributed by atoms with Crippen LogP contribution in [0.5, 0.6) is 5.75 Å². The first kappa shape index (κ1) is 11.3. The van der Waals surface area contributed by atoms with Gasteiger partial charge in [-0.3, -0.25) is 0 Å². The minimum atomic E-state index is 0.901. The molecule has 96 valence electrons. The highest BCUT2D eigenvalue weighted by molar-refractivity contribution is 6.12. The van der Waals surface area contributed by atoms with Crippen molar-refractivity contribution in [2.75, 3.05) is 7.11 Å². The van der Waals surface area contributed by atoms with Gasteiger partial charge < -0.3 is 4.74 Å². The van der Waals surface area contributed by atoms with Crippen molar-refractivity contribution in [1.82, 2.24) is 0 Å². The van der Waals surface area contributed by atoms with Crippen molar-refractivity contribution in [1.29, 1.82) is 0 Å². The van der Waals surface area contributed by atoms with Gasteiger partial charge in [-0.05, 0) is 56.6 Å². The zero-order valence-electron chi connectivity index (χ0n) is 11.3. The van der Waals surface area contributed by atoms with Gasteiger partial charge in [0.2, 0.25) is 0 Å². The number of hydrogen-bond donors (Lipinski definition) is 0. The summed E-state index contributed by atoms with van der Waals surface area (Å²) in [7, 11) is 1.70. The Labute approximate surface area is 117 Å². The summed E-state index contributed by atoms with van der Waals surface area (Å²) in [4.78, 5) is 0. The monoisotopic (exact) mass is 258 g/mol. The normalized spacial score (nSPS) is 11.2. The zero-order valence-corrected chi connectivity index (χ0v) is 11.3. The fourth-order valence-electron chi connectivity index (χ4n) is 2.86. The summed E-state index contributed by atoms with van der Waals surface area (Å²) in [5, 5.41) is 7.63. The summed E-state index contributed by atoms with van der Waals surface area (Å²) in [6, 6.07) is 23.6. The van der Waals surface area contributed by atoms with E-state index in [1.165, 1.54) is 32.3 Å². The Bertz CT molecular complexity index is 938. The molecule has 0 aliphatic rings. The maximum atomic E-state index is 5.30. The van der Waals surface area contributed by atoms with Crippen molar-refractivity contribution in [3.8, 4) is 5.75 Å². The lowest BCUT2D eigenvalue weighted by molar-refractivity contribution is 0.415. The average molecular weight is 258 g/mol. The quantitative estimate of drug-likeness (QED) is 0.338. The molecule has 0 spiro atoms. The van der Waals surface area contributed by atoms with Gasteiger partial charge in [0.15, 0.2) is 0 Å². The van der Waals surface area contributed by atoms with Crippen molar-refractivity contribution in [3.63, 3.8) is 0 Å². The highest BCUT2D eigenvalue weighted by atomic mass is 16.5. The number of ether oxygens (including phenoxy) is 1. The van der Waals surface area contributed by atoms with E-state index < -0.39 is 0 Å². The smallest absolute Gasteiger partial charge is 0.119 e. The van der Waals surface area contributed by atoms with Crippen LogP contribution in [-0.4, -0.2) is 7.11 Å². The van der Waals surface area contributed by atoms with Gasteiger partial charge in [0.25, 0.3) is 0 Å². The van der Waals surface area contributed by atoms with Gasteiger partial charge in [-0.15, -0.1) is 0 Å². The first-order valence-electron chi connectivity index (χ1n) is 6.74. The van der Waals surface area contributed by atoms with Crippen molar-refractivity contribution in [2.24, 2.45) is 0 Å². The second-order valence-corrected chi connectivity index (χ2v) is 5.07. The molecule has 0 aliphatic heterocycles. The fraction of sp³-hybridized carbons (Fsp3) is 0.0526. The number of fused-ring (bicyclic) bond motifs is 4. The molecule has 0 aromatic heterocycles. The van der Waals surface area contributed by atoms with Crippen molar-refractivity contribution in [3.05, 3.63) is 66.7 Å². The van der Waals surface area contributed by atoms with Crippen molar-refractivity contribution in [2.45, 2.75) is 0 Å². The molecule has 1 heteroatoms. The summed E-state index contributed by atoms with van der Waals surface area (Å²) >= 11 is 0. The molecule has 1 nitrogen and oxygen atoms in total. The summed E-state index contributed by atoms with van der Waals surface area (Å²) in [5.41, 5.74) is 0. The van der Waals surface area contributed by atoms with E-state index >= 15 is 0 Å². The lowest BCUT2D eigenvalue weighted by Crippen LogP contribution is -1.84. The number of benzene rings is 4. The third-order valence-electron chi connectivity index (χ3n) is 3.91. The van der Waals surface area contributed by atoms with E-state index in [0.717, 1.165) is 5.75 Å². The van der Waals surface area contributed by atoms with Crippen LogP contribution in [0.25, 0.3) is 32.3 Å². The Morgan fingerprint density at radius 1 is 0.600 bits per heavy atom. The molecule has 0 radical (unpaired) electrons. The van der Waals surface area contributed by atoms with Crippen LogP contribution in [0.4, 0.5) is 0 Å². The summed E-state index contributed by atoms with van der Waals surface area (Å²) in [6.07, 6.45) is 0. The van der Waals surface area contributed by atoms with Gasteiger partial charge >= 0.3 is 0 Å². The van der Waals surface area contributed by atoms with Crippen LogP contribution in [0.15, 0.2) is 66.7 Å². The van der Waals surface area contributed by atoms with E-state index in [1.807, 2.05) is 6.07 Å². The third-order valence-corrected chi connectivity index (χ3v) is 3.91. The Morgan fingerprint density at radius 3 is 2.05 bits per heavy atom. The molecule has 0 heterocycles. The van der Waals surface area contributed by atoms with Crippen molar-refractivity contribution < 1.29 is 4.74 Å². The van der Waals surface area contributed by atoms with Crippen LogP contribution >= 0.6 is 0 Å². The van der Waals surface area contributed by atoms with Crippen molar-refractivity contribution >= 4 is 32.3 Å². The largest absolute Gasteiger partial charge is 0.497 e. The lowest BCUT2D eigenvalue weighted by Gasteiger charge is -2.08. The maximum absolute atomic E-state index is 5.30. The number of methoxy groups -OCH3 is 1. The Kier molecular flexibility index (Phi) is 2.40. The van der Waals surface area contributed by atoms with Gasteiger partial charge in [0, 0.05) is 0 Å². The molecule has 4 aromatic carbocycles. The molecule has 20 heavy (non-hydrogen) atoms. The van der Waals surface area contributed by atoms with E-state index in [0.29, 0.717) is 0 Å². The molecule has 0 unspecified atom stereocenters. The highest BCUT2D eigenvalue weighted by Crippen LogP contribution is 2.31. The standard InChI is InChI=1S/C19H14O/c1-20-17-8-9-18-16(11-17)7-6-15-10-13-4-2-3-5-14(13)12-19(15)18/h2-12H,1H3. The third kappa shape index (κ3) is 1.64. The Morgan fingerprint density at radius 2 is 1.30 bits per heavy atom. The topological polar surface area (TPSA) is 9.23 Å². The minimum absolute atomic E-state index is 0.901. The molecular weight excluding hydrogens is 244 g/mol. The summed E-state index contributed by atoms with van der Waals surface area (Å²) in [6.45, 7) is 0. The summed E-state index contributed by atoms with van der Waals surface area (Å²) in [5.74, 6) is 0.901. The predicted molar refractivity (Wildman–Crippen MR) is 85.5 cm³/mol. The van der Waals surface area contributed by atoms with E-state index in [9.17, 15) is 0 Å². The van der Waals surface area contributed by atoms with E-state index in [2.05, 4.69) is 60.7 Å². The molecule has 0 amide bonds. The minimum Gasteiger partial charge on any atom is -0.497 e. The first-order chi connectivity index (χ1) is 9.85. The Hall–Kier alpha value is -2.54. The molecule has 4 aromatic rings. The molecule has 0 bridgehead atoms. The van der Waals surface area contributed by atoms with E-state index in [4.69, 9.17) is 4.74 Å². The molecule has 0 aliphatic carbocycles. The number of hydrogen-bond acceptors (Lipinski definition) is 1. The predicted octanol–water partition coefficient (Wildman–Crippen LogP) is 5.15. The SMILES string of the molecule is COc1ccc2c(ccc3cc4ccccc4cc32)c1. The lowest BCUT2D eigenvalue weighted by atomic mass is 9.98. The zero-order chi connectivity index (χ0) is 13.5. The van der Waals surface area contributed by atoms with Crippen LogP contribution < -0.4 is 4.74 Å². The maximum Gasteiger partial charge on any atom is 0.119 e. The molecule has 0 fully saturated rings. The van der Waals surface area contributed by atoms with Crippen LogP contribution in [0.1, 0.15) is 0 Å². The highest BCUT2D eigenvalue weighted by Gasteiger charge is 2.03. The number of rotatable bonds is 1. The van der Waals surface area contributed by atoms with Crippen LogP contribution in [0, 0.1) is 0 Å². The second-order valence-electron chi connectivity index (χ2n) is 5.07. The van der Waals surface area contributed by atoms with Gasteiger partial charge in [0.05, 0.1) is 7.11 Å². The van der Waals surface area contributed by atoms with Gasteiger partial charge in [-0.2, -0.15) is 0 Å². The average Bonchev–Trinajstić information content (AvgIpc) is 2.52.